The molecule has 13 heteroatoms. The van der Waals surface area contributed by atoms with Gasteiger partial charge >= 0.3 is 12.1 Å². The third-order valence-electron chi connectivity index (χ3n) is 11.5. The van der Waals surface area contributed by atoms with Gasteiger partial charge in [-0.1, -0.05) is 91.7 Å². The number of carboxylic acid groups (broad SMARTS) is 1. The number of rotatable bonds is 16. The van der Waals surface area contributed by atoms with E-state index < -0.39 is 5.97 Å². The van der Waals surface area contributed by atoms with Crippen LogP contribution in [0.1, 0.15) is 97.6 Å². The Labute approximate surface area is 350 Å². The average molecular weight is 835 g/mol. The highest BCUT2D eigenvalue weighted by molar-refractivity contribution is 6.32. The van der Waals surface area contributed by atoms with Crippen LogP contribution in [0.3, 0.4) is 0 Å². The van der Waals surface area contributed by atoms with Crippen molar-refractivity contribution >= 4 is 35.3 Å². The zero-order valence-corrected chi connectivity index (χ0v) is 35.2. The molecule has 0 aliphatic heterocycles. The van der Waals surface area contributed by atoms with Crippen LogP contribution in [-0.4, -0.2) is 47.5 Å². The lowest BCUT2D eigenvalue weighted by Crippen LogP contribution is -2.30. The van der Waals surface area contributed by atoms with Crippen molar-refractivity contribution < 1.29 is 38.4 Å². The Morgan fingerprint density at radius 2 is 1.24 bits per heavy atom. The van der Waals surface area contributed by atoms with Gasteiger partial charge in [-0.3, -0.25) is 4.79 Å². The fraction of sp³-hybridized carbons (Fsp3) is 0.467. The smallest absolute Gasteiger partial charge is 0.373 e. The summed E-state index contributed by atoms with van der Waals surface area (Å²) in [6, 6.07) is 16.6. The average Bonchev–Trinajstić information content (AvgIpc) is 3.23. The monoisotopic (exact) mass is 833 g/mol. The molecule has 0 unspecified atom stereocenters. The molecule has 0 spiro atoms. The molecule has 2 fully saturated rings. The molecule has 11 nitrogen and oxygen atoms in total. The summed E-state index contributed by atoms with van der Waals surface area (Å²) in [5.74, 6) is 0.721. The number of ether oxygens (including phenoxy) is 4. The molecule has 4 aromatic rings. The van der Waals surface area contributed by atoms with Crippen molar-refractivity contribution in [2.75, 3.05) is 14.2 Å². The van der Waals surface area contributed by atoms with E-state index in [0.717, 1.165) is 76.6 Å². The number of carboxylic acids is 1. The molecular formula is C45H53Cl2N3O8. The van der Waals surface area contributed by atoms with E-state index in [0.29, 0.717) is 59.2 Å². The molecule has 0 saturated heterocycles. The third-order valence-corrected chi connectivity index (χ3v) is 12.0. The summed E-state index contributed by atoms with van der Waals surface area (Å²) in [6.07, 6.45) is 11.6. The summed E-state index contributed by atoms with van der Waals surface area (Å²) in [7, 11) is 3.20. The van der Waals surface area contributed by atoms with Gasteiger partial charge in [-0.05, 0) is 104 Å². The fourth-order valence-corrected chi connectivity index (χ4v) is 8.64. The lowest BCUT2D eigenvalue weighted by Gasteiger charge is -2.28. The number of nitrogens with zero attached hydrogens (tertiary/aromatic N) is 2. The Hall–Kier alpha value is -4.67. The SMILES string of the molecule is COc1nc(OCc2cccc(-c3cccc(COc4nc(OC)c(CNC5CCCCC5)cc4Cl)c3C)c2C)c(Cl)cc1CC[C@H]1CCCC[C@@H]1C(=O)O.O=C=O. The van der Waals surface area contributed by atoms with Crippen molar-refractivity contribution in [1.82, 2.24) is 15.3 Å². The van der Waals surface area contributed by atoms with Gasteiger partial charge in [0, 0.05) is 23.7 Å². The number of aromatic nitrogens is 2. The first-order valence-corrected chi connectivity index (χ1v) is 20.7. The minimum atomic E-state index is -0.702. The molecule has 0 amide bonds. The number of aryl methyl sites for hydroxylation is 1. The summed E-state index contributed by atoms with van der Waals surface area (Å²) >= 11 is 13.4. The van der Waals surface area contributed by atoms with E-state index in [1.807, 2.05) is 30.3 Å². The second-order valence-electron chi connectivity index (χ2n) is 15.0. The molecule has 2 heterocycles. The first-order chi connectivity index (χ1) is 28.1. The molecule has 58 heavy (non-hydrogen) atoms. The van der Waals surface area contributed by atoms with Crippen molar-refractivity contribution in [3.05, 3.63) is 92.0 Å². The summed E-state index contributed by atoms with van der Waals surface area (Å²) < 4.78 is 23.7. The van der Waals surface area contributed by atoms with Crippen molar-refractivity contribution in [3.63, 3.8) is 0 Å². The Kier molecular flexibility index (Phi) is 16.8. The maximum absolute atomic E-state index is 11.8. The summed E-state index contributed by atoms with van der Waals surface area (Å²) in [4.78, 5) is 37.3. The van der Waals surface area contributed by atoms with E-state index in [-0.39, 0.29) is 24.6 Å². The summed E-state index contributed by atoms with van der Waals surface area (Å²) in [6.45, 7) is 5.39. The zero-order valence-electron chi connectivity index (χ0n) is 33.7. The molecule has 2 saturated carbocycles. The topological polar surface area (TPSA) is 146 Å². The molecule has 0 radical (unpaired) electrons. The second-order valence-corrected chi connectivity index (χ2v) is 15.8. The van der Waals surface area contributed by atoms with E-state index in [1.54, 1.807) is 14.2 Å². The Bertz CT molecular complexity index is 2050. The van der Waals surface area contributed by atoms with Gasteiger partial charge < -0.3 is 29.4 Å². The molecule has 2 atom stereocenters. The Balaban J connectivity index is 0.00000207. The van der Waals surface area contributed by atoms with Crippen molar-refractivity contribution in [2.24, 2.45) is 11.8 Å². The van der Waals surface area contributed by atoms with Gasteiger partial charge in [-0.2, -0.15) is 19.6 Å². The largest absolute Gasteiger partial charge is 0.481 e. The molecule has 0 bridgehead atoms. The number of methoxy groups -OCH3 is 2. The van der Waals surface area contributed by atoms with Crippen LogP contribution >= 0.6 is 23.2 Å². The molecule has 2 aliphatic carbocycles. The lowest BCUT2D eigenvalue weighted by molar-refractivity contribution is -0.191. The van der Waals surface area contributed by atoms with Crippen LogP contribution < -0.4 is 24.3 Å². The predicted molar refractivity (Wildman–Crippen MR) is 222 cm³/mol. The van der Waals surface area contributed by atoms with E-state index in [1.165, 1.54) is 32.1 Å². The van der Waals surface area contributed by atoms with E-state index in [4.69, 9.17) is 51.7 Å². The number of carbonyl (C=O) groups excluding carboxylic acids is 2. The highest BCUT2D eigenvalue weighted by Gasteiger charge is 2.31. The Morgan fingerprint density at radius 3 is 1.78 bits per heavy atom. The van der Waals surface area contributed by atoms with E-state index in [2.05, 4.69) is 47.3 Å². The highest BCUT2D eigenvalue weighted by Crippen LogP contribution is 2.37. The van der Waals surface area contributed by atoms with Crippen LogP contribution in [0, 0.1) is 25.7 Å². The summed E-state index contributed by atoms with van der Waals surface area (Å²) in [5.41, 5.74) is 8.13. The number of nitrogens with one attached hydrogen (secondary N) is 1. The number of carbonyl (C=O) groups is 1. The van der Waals surface area contributed by atoms with Crippen LogP contribution in [0.4, 0.5) is 0 Å². The van der Waals surface area contributed by atoms with Gasteiger partial charge in [0.1, 0.15) is 23.3 Å². The highest BCUT2D eigenvalue weighted by atomic mass is 35.5. The first kappa shape index (κ1) is 44.4. The summed E-state index contributed by atoms with van der Waals surface area (Å²) in [5, 5.41) is 14.2. The molecular weight excluding hydrogens is 781 g/mol. The van der Waals surface area contributed by atoms with Crippen LogP contribution in [0.25, 0.3) is 11.1 Å². The minimum Gasteiger partial charge on any atom is -0.481 e. The van der Waals surface area contributed by atoms with Gasteiger partial charge in [0.15, 0.2) is 0 Å². The Morgan fingerprint density at radius 1 is 0.741 bits per heavy atom. The number of benzene rings is 2. The fourth-order valence-electron chi connectivity index (χ4n) is 8.19. The number of aliphatic carboxylic acids is 1. The van der Waals surface area contributed by atoms with Gasteiger partial charge in [0.2, 0.25) is 23.5 Å². The molecule has 6 rings (SSSR count). The molecule has 2 aliphatic rings. The van der Waals surface area contributed by atoms with E-state index >= 15 is 0 Å². The molecule has 2 N–H and O–H groups in total. The van der Waals surface area contributed by atoms with Gasteiger partial charge in [0.25, 0.3) is 0 Å². The van der Waals surface area contributed by atoms with Crippen LogP contribution in [-0.2, 0) is 40.6 Å². The van der Waals surface area contributed by atoms with Crippen molar-refractivity contribution in [2.45, 2.75) is 110 Å². The van der Waals surface area contributed by atoms with Crippen LogP contribution in [0.2, 0.25) is 10.0 Å². The van der Waals surface area contributed by atoms with Gasteiger partial charge in [-0.25, -0.2) is 0 Å². The first-order valence-electron chi connectivity index (χ1n) is 19.9. The lowest BCUT2D eigenvalue weighted by atomic mass is 9.76. The minimum absolute atomic E-state index is 0.132. The maximum atomic E-state index is 11.8. The molecule has 310 valence electrons. The van der Waals surface area contributed by atoms with Gasteiger partial charge in [0.05, 0.1) is 20.1 Å². The second kappa shape index (κ2) is 21.9. The third kappa shape index (κ3) is 11.5. The van der Waals surface area contributed by atoms with Crippen molar-refractivity contribution in [3.8, 4) is 34.6 Å². The van der Waals surface area contributed by atoms with Crippen LogP contribution in [0.15, 0.2) is 48.5 Å². The van der Waals surface area contributed by atoms with Gasteiger partial charge in [-0.15, -0.1) is 0 Å². The maximum Gasteiger partial charge on any atom is 0.373 e. The molecule has 2 aromatic heterocycles. The zero-order chi connectivity index (χ0) is 41.6. The normalized spacial score (nSPS) is 16.7. The number of hydrogen-bond donors (Lipinski definition) is 2. The number of halogens is 2. The standard InChI is InChI=1S/C44H53Cl2N3O6.CO2/c1-27-31(25-54-42-38(45)22-30(40(48-42)52-3)21-20-29-12-8-9-17-37(29)44(50)51)13-10-18-35(27)36-19-11-14-32(28(36)2)26-55-43-39(46)23-33(41(49-43)53-4)24-47-34-15-6-5-7-16-34;2-1-3/h10-11,13-14,18-19,22-23,29,34,37,47H,5-9,12,15-17,20-21,24-26H2,1-4H3,(H,50,51);/t29-,37+;/m1./s1. The van der Waals surface area contributed by atoms with E-state index in [9.17, 15) is 9.90 Å². The predicted octanol–water partition coefficient (Wildman–Crippen LogP) is 9.90. The quantitative estimate of drug-likeness (QED) is 0.111. The van der Waals surface area contributed by atoms with Crippen LogP contribution in [0.5, 0.6) is 23.5 Å². The van der Waals surface area contributed by atoms with Crippen molar-refractivity contribution in [1.29, 1.82) is 0 Å². The molecule has 2 aromatic carbocycles. The number of pyridine rings is 2. The number of hydrogen-bond acceptors (Lipinski definition) is 10.